The molecule has 0 spiro atoms. The Bertz CT molecular complexity index is 1100. The highest BCUT2D eigenvalue weighted by atomic mass is 31.2. The van der Waals surface area contributed by atoms with Gasteiger partial charge in [-0.05, 0) is 25.7 Å². The molecule has 0 aromatic carbocycles. The topological polar surface area (TPSA) is 183 Å². The van der Waals surface area contributed by atoms with E-state index in [2.05, 4.69) is 19.2 Å². The highest BCUT2D eigenvalue weighted by Gasteiger charge is 2.41. The van der Waals surface area contributed by atoms with E-state index in [1.165, 1.54) is 57.8 Å². The molecule has 0 bridgehead atoms. The van der Waals surface area contributed by atoms with Crippen molar-refractivity contribution in [1.29, 1.82) is 0 Å². The molecule has 0 aromatic heterocycles. The number of amides is 1. The van der Waals surface area contributed by atoms with Gasteiger partial charge in [0.25, 0.3) is 0 Å². The van der Waals surface area contributed by atoms with Crippen LogP contribution in [-0.4, -0.2) is 113 Å². The zero-order valence-corrected chi connectivity index (χ0v) is 36.9. The number of rotatable bonds is 36. The van der Waals surface area contributed by atoms with Crippen molar-refractivity contribution in [3.63, 3.8) is 0 Å². The minimum absolute atomic E-state index is 0.00836. The summed E-state index contributed by atoms with van der Waals surface area (Å²) in [4.78, 5) is 36.2. The predicted molar refractivity (Wildman–Crippen MR) is 224 cm³/mol. The molecule has 1 fully saturated rings. The molecular weight excluding hydrogens is 735 g/mol. The molecule has 0 aliphatic heterocycles. The Morgan fingerprint density at radius 2 is 1.30 bits per heavy atom. The van der Waals surface area contributed by atoms with Gasteiger partial charge in [0.05, 0.1) is 58.2 Å². The summed E-state index contributed by atoms with van der Waals surface area (Å²) in [6.07, 6.45) is 21.3. The molecule has 0 saturated heterocycles. The van der Waals surface area contributed by atoms with Gasteiger partial charge >= 0.3 is 7.82 Å². The van der Waals surface area contributed by atoms with Gasteiger partial charge in [0, 0.05) is 37.5 Å². The third-order valence-electron chi connectivity index (χ3n) is 11.0. The number of likely N-dealkylation sites (N-methyl/N-ethyl adjacent to an activating group) is 1. The molecule has 13 heteroatoms. The number of hydrogen-bond acceptors (Lipinski definition) is 9. The number of phosphoric ester groups is 1. The second-order valence-corrected chi connectivity index (χ2v) is 18.8. The van der Waals surface area contributed by atoms with Gasteiger partial charge in [-0.1, -0.05) is 129 Å². The second kappa shape index (κ2) is 30.8. The number of aliphatic hydroxyl groups excluding tert-OH is 4. The van der Waals surface area contributed by atoms with E-state index in [-0.39, 0.29) is 50.6 Å². The first-order valence-corrected chi connectivity index (χ1v) is 23.7. The van der Waals surface area contributed by atoms with Crippen LogP contribution in [0.2, 0.25) is 0 Å². The predicted octanol–water partition coefficient (Wildman–Crippen LogP) is 7.53. The molecular formula is C43H84N2O10P+. The smallest absolute Gasteiger partial charge is 0.393 e. The average molecular weight is 820 g/mol. The Morgan fingerprint density at radius 1 is 0.768 bits per heavy atom. The van der Waals surface area contributed by atoms with Gasteiger partial charge in [-0.15, -0.1) is 0 Å². The number of phosphoric acid groups is 1. The number of nitrogens with zero attached hydrogens (tertiary/aromatic N) is 1. The molecule has 1 unspecified atom stereocenters. The van der Waals surface area contributed by atoms with Gasteiger partial charge in [-0.3, -0.25) is 18.6 Å². The first-order valence-electron chi connectivity index (χ1n) is 22.2. The monoisotopic (exact) mass is 820 g/mol. The Hall–Kier alpha value is -1.21. The van der Waals surface area contributed by atoms with E-state index in [1.807, 2.05) is 21.1 Å². The van der Waals surface area contributed by atoms with Crippen LogP contribution in [0.1, 0.15) is 168 Å². The first kappa shape index (κ1) is 52.8. The lowest BCUT2D eigenvalue weighted by molar-refractivity contribution is -0.870. The number of aliphatic hydroxyl groups is 4. The second-order valence-electron chi connectivity index (χ2n) is 17.4. The van der Waals surface area contributed by atoms with Crippen molar-refractivity contribution in [2.24, 2.45) is 11.8 Å². The molecule has 6 N–H and O–H groups in total. The van der Waals surface area contributed by atoms with E-state index in [0.29, 0.717) is 36.7 Å². The van der Waals surface area contributed by atoms with Gasteiger partial charge in [0.15, 0.2) is 0 Å². The van der Waals surface area contributed by atoms with Crippen LogP contribution in [0.5, 0.6) is 0 Å². The third-order valence-corrected chi connectivity index (χ3v) is 12.0. The maximum Gasteiger partial charge on any atom is 0.472 e. The van der Waals surface area contributed by atoms with E-state index in [4.69, 9.17) is 9.05 Å². The van der Waals surface area contributed by atoms with Crippen LogP contribution in [-0.2, 0) is 23.2 Å². The van der Waals surface area contributed by atoms with Gasteiger partial charge in [0.2, 0.25) is 5.91 Å². The standard InChI is InChI=1S/C43H83N2O10P/c1-6-8-10-11-12-13-14-15-16-17-18-19-21-26-40(48)39(34-55-56(52,53)54-31-30-45(3,4)5)44-43(51)27-23-22-25-36(47)32-38-37(41(49)33-42(38)50)29-28-35(46)24-20-9-7-2/h28-29,35,37-42,46,48-50H,6-27,30-34H2,1-5H3,(H-,44,51,52,53)/p+1/b29-28+/t35-,37+,38+,39-,40+,41+,42-/m0/s1. The first-order chi connectivity index (χ1) is 26.6. The molecule has 1 rings (SSSR count). The van der Waals surface area contributed by atoms with Crippen LogP contribution in [0.4, 0.5) is 0 Å². The molecule has 8 atom stereocenters. The van der Waals surface area contributed by atoms with Crippen LogP contribution in [0.3, 0.4) is 0 Å². The van der Waals surface area contributed by atoms with Crippen molar-refractivity contribution in [1.82, 2.24) is 5.32 Å². The Morgan fingerprint density at radius 3 is 1.89 bits per heavy atom. The quantitative estimate of drug-likeness (QED) is 0.0160. The van der Waals surface area contributed by atoms with E-state index in [9.17, 15) is 39.5 Å². The number of nitrogens with one attached hydrogen (secondary N) is 1. The fraction of sp³-hybridized carbons (Fsp3) is 0.907. The summed E-state index contributed by atoms with van der Waals surface area (Å²) >= 11 is 0. The molecule has 56 heavy (non-hydrogen) atoms. The van der Waals surface area contributed by atoms with Crippen molar-refractivity contribution < 1.29 is 53.0 Å². The highest BCUT2D eigenvalue weighted by molar-refractivity contribution is 7.47. The summed E-state index contributed by atoms with van der Waals surface area (Å²) < 4.78 is 23.5. The largest absolute Gasteiger partial charge is 0.472 e. The number of ketones is 1. The lowest BCUT2D eigenvalue weighted by Crippen LogP contribution is -2.46. The van der Waals surface area contributed by atoms with Crippen LogP contribution in [0.15, 0.2) is 12.2 Å². The van der Waals surface area contributed by atoms with Crippen molar-refractivity contribution >= 4 is 19.5 Å². The number of carbonyl (C=O) groups is 2. The molecule has 1 amide bonds. The van der Waals surface area contributed by atoms with Crippen molar-refractivity contribution in [3.8, 4) is 0 Å². The lowest BCUT2D eigenvalue weighted by Gasteiger charge is -2.26. The summed E-state index contributed by atoms with van der Waals surface area (Å²) in [5, 5.41) is 45.2. The summed E-state index contributed by atoms with van der Waals surface area (Å²) in [5.74, 6) is -1.26. The zero-order valence-electron chi connectivity index (χ0n) is 36.0. The van der Waals surface area contributed by atoms with Gasteiger partial charge in [0.1, 0.15) is 18.9 Å². The number of quaternary nitrogens is 1. The lowest BCUT2D eigenvalue weighted by atomic mass is 9.87. The van der Waals surface area contributed by atoms with Crippen molar-refractivity contribution in [2.45, 2.75) is 198 Å². The molecule has 330 valence electrons. The van der Waals surface area contributed by atoms with E-state index < -0.39 is 50.1 Å². The maximum atomic E-state index is 13.0. The molecule has 0 radical (unpaired) electrons. The van der Waals surface area contributed by atoms with Crippen LogP contribution >= 0.6 is 7.82 Å². The summed E-state index contributed by atoms with van der Waals surface area (Å²) in [7, 11) is 1.39. The summed E-state index contributed by atoms with van der Waals surface area (Å²) in [6, 6.07) is -0.908. The van der Waals surface area contributed by atoms with Crippen LogP contribution < -0.4 is 5.32 Å². The van der Waals surface area contributed by atoms with E-state index in [0.717, 1.165) is 44.9 Å². The molecule has 1 aliphatic carbocycles. The number of hydrogen-bond donors (Lipinski definition) is 6. The van der Waals surface area contributed by atoms with Crippen LogP contribution in [0, 0.1) is 11.8 Å². The maximum absolute atomic E-state index is 13.0. The fourth-order valence-corrected chi connectivity index (χ4v) is 8.07. The Kier molecular flexibility index (Phi) is 29.0. The number of unbranched alkanes of at least 4 members (excludes halogenated alkanes) is 15. The van der Waals surface area contributed by atoms with Gasteiger partial charge < -0.3 is 35.1 Å². The third kappa shape index (κ3) is 26.7. The molecule has 0 heterocycles. The molecule has 12 nitrogen and oxygen atoms in total. The highest BCUT2D eigenvalue weighted by Crippen LogP contribution is 2.43. The molecule has 1 saturated carbocycles. The van der Waals surface area contributed by atoms with Gasteiger partial charge in [-0.2, -0.15) is 0 Å². The van der Waals surface area contributed by atoms with Crippen molar-refractivity contribution in [2.75, 3.05) is 40.9 Å². The van der Waals surface area contributed by atoms with Gasteiger partial charge in [-0.25, -0.2) is 4.57 Å². The van der Waals surface area contributed by atoms with Crippen LogP contribution in [0.25, 0.3) is 0 Å². The minimum atomic E-state index is -4.41. The normalized spacial score (nSPS) is 21.6. The Balaban J connectivity index is 2.57. The van der Waals surface area contributed by atoms with Crippen molar-refractivity contribution in [3.05, 3.63) is 12.2 Å². The fourth-order valence-electron chi connectivity index (χ4n) is 7.34. The summed E-state index contributed by atoms with van der Waals surface area (Å²) in [5.41, 5.74) is 0. The molecule has 0 aromatic rings. The number of carbonyl (C=O) groups excluding carboxylic acids is 2. The zero-order chi connectivity index (χ0) is 41.8. The van der Waals surface area contributed by atoms with E-state index >= 15 is 0 Å². The van der Waals surface area contributed by atoms with E-state index in [1.54, 1.807) is 12.2 Å². The average Bonchev–Trinajstić information content (AvgIpc) is 3.39. The SMILES string of the molecule is CCCCCCCCCCCCCCC[C@@H](O)[C@H](COP(=O)(O)OCC[N+](C)(C)C)NC(=O)CCCCC(=O)C[C@@H]1[C@@H](/C=C/[C@@H](O)CCCCC)[C@H](O)C[C@@H]1O. The summed E-state index contributed by atoms with van der Waals surface area (Å²) in [6.45, 7) is 4.45. The Labute approximate surface area is 340 Å². The number of Topliss-reactive ketones (excluding diaryl/α,β-unsaturated/α-hetero) is 1. The minimum Gasteiger partial charge on any atom is -0.393 e. The molecule has 1 aliphatic rings.